The Balaban J connectivity index is 2.75. The van der Waals surface area contributed by atoms with Crippen molar-refractivity contribution in [1.82, 2.24) is 5.43 Å². The molecule has 0 heterocycles. The van der Waals surface area contributed by atoms with Crippen LogP contribution in [0.15, 0.2) is 21.6 Å². The molecule has 5 nitrogen and oxygen atoms in total. The molecule has 0 saturated carbocycles. The molecule has 1 aromatic rings. The van der Waals surface area contributed by atoms with Crippen LogP contribution in [0, 0.1) is 0 Å². The SMILES string of the molecule is COCCCN=C(NN)Nc1c(Cl)cc(Br)cc1Cl. The Labute approximate surface area is 130 Å². The van der Waals surface area contributed by atoms with Gasteiger partial charge in [-0.3, -0.25) is 10.4 Å². The third-order valence-electron chi connectivity index (χ3n) is 2.16. The molecule has 0 aliphatic carbocycles. The van der Waals surface area contributed by atoms with Crippen LogP contribution in [0.4, 0.5) is 5.69 Å². The number of ether oxygens (including phenoxy) is 1. The van der Waals surface area contributed by atoms with Gasteiger partial charge in [0.2, 0.25) is 5.96 Å². The lowest BCUT2D eigenvalue weighted by molar-refractivity contribution is 0.197. The summed E-state index contributed by atoms with van der Waals surface area (Å²) in [4.78, 5) is 4.24. The van der Waals surface area contributed by atoms with Gasteiger partial charge in [-0.05, 0) is 18.6 Å². The molecule has 19 heavy (non-hydrogen) atoms. The van der Waals surface area contributed by atoms with E-state index in [0.717, 1.165) is 10.9 Å². The fourth-order valence-corrected chi connectivity index (χ4v) is 2.60. The van der Waals surface area contributed by atoms with Crippen molar-refractivity contribution in [3.8, 4) is 0 Å². The molecule has 0 spiro atoms. The van der Waals surface area contributed by atoms with Gasteiger partial charge < -0.3 is 10.1 Å². The highest BCUT2D eigenvalue weighted by atomic mass is 79.9. The number of hydrogen-bond acceptors (Lipinski definition) is 3. The summed E-state index contributed by atoms with van der Waals surface area (Å²) in [5.41, 5.74) is 3.02. The molecule has 1 aromatic carbocycles. The van der Waals surface area contributed by atoms with Crippen LogP contribution < -0.4 is 16.6 Å². The Bertz CT molecular complexity index is 433. The number of anilines is 1. The Morgan fingerprint density at radius 2 is 2.05 bits per heavy atom. The second-order valence-corrected chi connectivity index (χ2v) is 5.32. The maximum atomic E-state index is 6.10. The van der Waals surface area contributed by atoms with Crippen molar-refractivity contribution < 1.29 is 4.74 Å². The molecular formula is C11H15BrCl2N4O. The molecule has 0 aromatic heterocycles. The van der Waals surface area contributed by atoms with Crippen molar-refractivity contribution in [2.24, 2.45) is 10.8 Å². The lowest BCUT2D eigenvalue weighted by atomic mass is 10.3. The maximum Gasteiger partial charge on any atom is 0.210 e. The molecule has 0 unspecified atom stereocenters. The average molecular weight is 370 g/mol. The van der Waals surface area contributed by atoms with Gasteiger partial charge in [0, 0.05) is 24.7 Å². The van der Waals surface area contributed by atoms with Crippen LogP contribution in [-0.4, -0.2) is 26.2 Å². The highest BCUT2D eigenvalue weighted by Crippen LogP contribution is 2.33. The minimum absolute atomic E-state index is 0.391. The summed E-state index contributed by atoms with van der Waals surface area (Å²) in [7, 11) is 1.64. The van der Waals surface area contributed by atoms with Gasteiger partial charge >= 0.3 is 0 Å². The van der Waals surface area contributed by atoms with E-state index in [1.54, 1.807) is 19.2 Å². The summed E-state index contributed by atoms with van der Waals surface area (Å²) >= 11 is 15.5. The number of nitrogens with two attached hydrogens (primary N) is 1. The van der Waals surface area contributed by atoms with E-state index in [1.807, 2.05) is 0 Å². The van der Waals surface area contributed by atoms with E-state index < -0.39 is 0 Å². The molecule has 0 atom stereocenters. The molecule has 0 amide bonds. The first-order chi connectivity index (χ1) is 9.08. The fourth-order valence-electron chi connectivity index (χ4n) is 1.30. The van der Waals surface area contributed by atoms with E-state index in [0.29, 0.717) is 34.8 Å². The molecule has 1 rings (SSSR count). The third-order valence-corrected chi connectivity index (χ3v) is 3.22. The van der Waals surface area contributed by atoms with Crippen molar-refractivity contribution in [2.75, 3.05) is 25.6 Å². The normalized spacial score (nSPS) is 11.5. The number of benzene rings is 1. The molecule has 0 saturated heterocycles. The van der Waals surface area contributed by atoms with Gasteiger partial charge in [-0.25, -0.2) is 5.84 Å². The zero-order chi connectivity index (χ0) is 14.3. The number of rotatable bonds is 5. The maximum absolute atomic E-state index is 6.10. The van der Waals surface area contributed by atoms with Crippen LogP contribution in [0.3, 0.4) is 0 Å². The Morgan fingerprint density at radius 3 is 2.58 bits per heavy atom. The first-order valence-electron chi connectivity index (χ1n) is 5.50. The molecule has 0 bridgehead atoms. The van der Waals surface area contributed by atoms with Crippen LogP contribution in [-0.2, 0) is 4.74 Å². The fraction of sp³-hybridized carbons (Fsp3) is 0.364. The molecular weight excluding hydrogens is 355 g/mol. The Kier molecular flexibility index (Phi) is 7.48. The number of nitrogens with one attached hydrogen (secondary N) is 2. The predicted molar refractivity (Wildman–Crippen MR) is 83.9 cm³/mol. The van der Waals surface area contributed by atoms with Crippen LogP contribution in [0.2, 0.25) is 10.0 Å². The van der Waals surface area contributed by atoms with E-state index in [2.05, 4.69) is 31.7 Å². The second-order valence-electron chi connectivity index (χ2n) is 3.59. The minimum atomic E-state index is 0.391. The molecule has 0 aliphatic heterocycles. The van der Waals surface area contributed by atoms with Crippen molar-refractivity contribution in [1.29, 1.82) is 0 Å². The topological polar surface area (TPSA) is 71.7 Å². The van der Waals surface area contributed by atoms with Gasteiger partial charge in [0.15, 0.2) is 0 Å². The number of guanidine groups is 1. The molecule has 4 N–H and O–H groups in total. The smallest absolute Gasteiger partial charge is 0.210 e. The number of halogens is 3. The van der Waals surface area contributed by atoms with E-state index in [1.165, 1.54) is 0 Å². The number of methoxy groups -OCH3 is 1. The average Bonchev–Trinajstić information content (AvgIpc) is 2.36. The van der Waals surface area contributed by atoms with E-state index in [9.17, 15) is 0 Å². The number of aliphatic imine (C=N–C) groups is 1. The van der Waals surface area contributed by atoms with Crippen molar-refractivity contribution in [3.63, 3.8) is 0 Å². The van der Waals surface area contributed by atoms with Crippen molar-refractivity contribution in [3.05, 3.63) is 26.7 Å². The van der Waals surface area contributed by atoms with Gasteiger partial charge in [-0.1, -0.05) is 39.1 Å². The third kappa shape index (κ3) is 5.54. The first-order valence-corrected chi connectivity index (χ1v) is 7.05. The van der Waals surface area contributed by atoms with E-state index in [4.69, 9.17) is 33.8 Å². The Hall–Kier alpha value is -0.530. The van der Waals surface area contributed by atoms with Gasteiger partial charge in [-0.15, -0.1) is 0 Å². The largest absolute Gasteiger partial charge is 0.385 e. The summed E-state index contributed by atoms with van der Waals surface area (Å²) < 4.78 is 5.74. The van der Waals surface area contributed by atoms with Crippen LogP contribution in [0.5, 0.6) is 0 Å². The van der Waals surface area contributed by atoms with Crippen molar-refractivity contribution in [2.45, 2.75) is 6.42 Å². The molecule has 0 radical (unpaired) electrons. The summed E-state index contributed by atoms with van der Waals surface area (Å²) in [6, 6.07) is 3.46. The van der Waals surface area contributed by atoms with E-state index >= 15 is 0 Å². The Morgan fingerprint density at radius 1 is 1.42 bits per heavy atom. The summed E-state index contributed by atoms with van der Waals surface area (Å²) in [5.74, 6) is 5.79. The standard InChI is InChI=1S/C11H15BrCl2N4O/c1-19-4-2-3-16-11(18-15)17-10-8(13)5-7(12)6-9(10)14/h5-6H,2-4,15H2,1H3,(H2,16,17,18). The molecule has 0 aliphatic rings. The summed E-state index contributed by atoms with van der Waals surface area (Å²) in [5, 5.41) is 3.90. The molecule has 0 fully saturated rings. The molecule has 8 heteroatoms. The summed E-state index contributed by atoms with van der Waals surface area (Å²) in [6.45, 7) is 1.22. The summed E-state index contributed by atoms with van der Waals surface area (Å²) in [6.07, 6.45) is 0.797. The lowest BCUT2D eigenvalue weighted by Gasteiger charge is -2.12. The van der Waals surface area contributed by atoms with E-state index in [-0.39, 0.29) is 0 Å². The van der Waals surface area contributed by atoms with Crippen LogP contribution >= 0.6 is 39.1 Å². The van der Waals surface area contributed by atoms with Gasteiger partial charge in [0.25, 0.3) is 0 Å². The first kappa shape index (κ1) is 16.5. The zero-order valence-corrected chi connectivity index (χ0v) is 13.4. The van der Waals surface area contributed by atoms with Crippen molar-refractivity contribution >= 4 is 50.8 Å². The van der Waals surface area contributed by atoms with Gasteiger partial charge in [-0.2, -0.15) is 0 Å². The highest BCUT2D eigenvalue weighted by Gasteiger charge is 2.09. The second kappa shape index (κ2) is 8.60. The molecule has 106 valence electrons. The van der Waals surface area contributed by atoms with Crippen LogP contribution in [0.25, 0.3) is 0 Å². The minimum Gasteiger partial charge on any atom is -0.385 e. The quantitative estimate of drug-likeness (QED) is 0.245. The number of hydrazine groups is 1. The monoisotopic (exact) mass is 368 g/mol. The van der Waals surface area contributed by atoms with Crippen LogP contribution in [0.1, 0.15) is 6.42 Å². The lowest BCUT2D eigenvalue weighted by Crippen LogP contribution is -2.36. The highest BCUT2D eigenvalue weighted by molar-refractivity contribution is 9.10. The predicted octanol–water partition coefficient (Wildman–Crippen LogP) is 3.02. The zero-order valence-electron chi connectivity index (χ0n) is 10.3. The number of hydrogen-bond donors (Lipinski definition) is 3. The van der Waals surface area contributed by atoms with Gasteiger partial charge in [0.1, 0.15) is 0 Å². The number of nitrogens with zero attached hydrogens (tertiary/aromatic N) is 1. The van der Waals surface area contributed by atoms with Gasteiger partial charge in [0.05, 0.1) is 15.7 Å².